The van der Waals surface area contributed by atoms with Gasteiger partial charge in [-0.25, -0.2) is 0 Å². The summed E-state index contributed by atoms with van der Waals surface area (Å²) in [6, 6.07) is 0. The van der Waals surface area contributed by atoms with Crippen LogP contribution in [0.15, 0.2) is 12.7 Å². The van der Waals surface area contributed by atoms with Crippen LogP contribution in [0.5, 0.6) is 0 Å². The van der Waals surface area contributed by atoms with Gasteiger partial charge in [-0.1, -0.05) is 19.9 Å². The smallest absolute Gasteiger partial charge is 0.0647 e. The Balaban J connectivity index is 3.87. The summed E-state index contributed by atoms with van der Waals surface area (Å²) in [4.78, 5) is 0. The molecule has 0 amide bonds. The normalized spacial score (nSPS) is 16.9. The van der Waals surface area contributed by atoms with Crippen LogP contribution in [0.4, 0.5) is 0 Å². The molecule has 0 heterocycles. The summed E-state index contributed by atoms with van der Waals surface area (Å²) in [7, 11) is 0. The molecule has 2 heteroatoms. The molecule has 2 nitrogen and oxygen atoms in total. The lowest BCUT2D eigenvalue weighted by atomic mass is 9.94. The van der Waals surface area contributed by atoms with Gasteiger partial charge >= 0.3 is 0 Å². The molecule has 0 fully saturated rings. The van der Waals surface area contributed by atoms with E-state index >= 15 is 0 Å². The van der Waals surface area contributed by atoms with Crippen LogP contribution in [0.1, 0.15) is 13.8 Å². The van der Waals surface area contributed by atoms with Crippen LogP contribution in [0.2, 0.25) is 0 Å². The minimum absolute atomic E-state index is 0.0250. The highest BCUT2D eigenvalue weighted by Crippen LogP contribution is 2.12. The van der Waals surface area contributed by atoms with E-state index in [1.54, 1.807) is 6.08 Å². The van der Waals surface area contributed by atoms with Gasteiger partial charge in [-0.05, 0) is 5.92 Å². The molecule has 0 aliphatic rings. The predicted octanol–water partition coefficient (Wildman–Crippen LogP) is 0.798. The molecule has 0 aromatic rings. The first-order valence-electron chi connectivity index (χ1n) is 3.55. The first kappa shape index (κ1) is 9.66. The van der Waals surface area contributed by atoms with Gasteiger partial charge in [-0.2, -0.15) is 0 Å². The molecule has 10 heavy (non-hydrogen) atoms. The molecule has 0 rings (SSSR count). The Morgan fingerprint density at radius 2 is 2.00 bits per heavy atom. The number of hydrogen-bond acceptors (Lipinski definition) is 2. The molecular formula is C8H16O2. The lowest BCUT2D eigenvalue weighted by Crippen LogP contribution is -2.26. The monoisotopic (exact) mass is 144 g/mol. The fourth-order valence-electron chi connectivity index (χ4n) is 0.816. The highest BCUT2D eigenvalue weighted by atomic mass is 16.3. The first-order chi connectivity index (χ1) is 4.63. The van der Waals surface area contributed by atoms with Gasteiger partial charge in [-0.3, -0.25) is 0 Å². The molecule has 0 aromatic heterocycles. The molecule has 0 radical (unpaired) electrons. The van der Waals surface area contributed by atoms with E-state index in [4.69, 9.17) is 5.11 Å². The van der Waals surface area contributed by atoms with Gasteiger partial charge in [0.1, 0.15) is 0 Å². The quantitative estimate of drug-likeness (QED) is 0.573. The maximum atomic E-state index is 9.35. The number of aliphatic hydroxyl groups excluding tert-OH is 2. The van der Waals surface area contributed by atoms with E-state index in [0.717, 1.165) is 0 Å². The number of hydrogen-bond donors (Lipinski definition) is 2. The molecule has 60 valence electrons. The first-order valence-corrected chi connectivity index (χ1v) is 3.55. The average Bonchev–Trinajstić information content (AvgIpc) is 1.90. The van der Waals surface area contributed by atoms with Crippen LogP contribution in [0.25, 0.3) is 0 Å². The largest absolute Gasteiger partial charge is 0.396 e. The molecule has 2 unspecified atom stereocenters. The Morgan fingerprint density at radius 3 is 2.10 bits per heavy atom. The van der Waals surface area contributed by atoms with E-state index in [1.807, 2.05) is 13.8 Å². The molecular weight excluding hydrogens is 128 g/mol. The van der Waals surface area contributed by atoms with Crippen molar-refractivity contribution >= 4 is 0 Å². The predicted molar refractivity (Wildman–Crippen MR) is 41.6 cm³/mol. The second-order valence-electron chi connectivity index (χ2n) is 2.82. The van der Waals surface area contributed by atoms with Crippen molar-refractivity contribution in [2.24, 2.45) is 11.8 Å². The SMILES string of the molecule is C=CC(CO)C(O)C(C)C. The van der Waals surface area contributed by atoms with Crippen LogP contribution in [0, 0.1) is 11.8 Å². The van der Waals surface area contributed by atoms with Gasteiger partial charge in [0.25, 0.3) is 0 Å². The zero-order chi connectivity index (χ0) is 8.15. The van der Waals surface area contributed by atoms with Crippen molar-refractivity contribution in [2.75, 3.05) is 6.61 Å². The molecule has 0 aliphatic carbocycles. The van der Waals surface area contributed by atoms with Crippen LogP contribution in [-0.4, -0.2) is 22.9 Å². The van der Waals surface area contributed by atoms with Crippen molar-refractivity contribution in [1.82, 2.24) is 0 Å². The zero-order valence-electron chi connectivity index (χ0n) is 6.62. The topological polar surface area (TPSA) is 40.5 Å². The lowest BCUT2D eigenvalue weighted by molar-refractivity contribution is 0.0559. The Hall–Kier alpha value is -0.340. The summed E-state index contributed by atoms with van der Waals surface area (Å²) in [6.45, 7) is 7.32. The van der Waals surface area contributed by atoms with Crippen LogP contribution in [0.3, 0.4) is 0 Å². The average molecular weight is 144 g/mol. The summed E-state index contributed by atoms with van der Waals surface area (Å²) >= 11 is 0. The zero-order valence-corrected chi connectivity index (χ0v) is 6.62. The Labute approximate surface area is 62.2 Å². The minimum Gasteiger partial charge on any atom is -0.396 e. The molecule has 2 N–H and O–H groups in total. The van der Waals surface area contributed by atoms with Gasteiger partial charge in [-0.15, -0.1) is 6.58 Å². The van der Waals surface area contributed by atoms with Gasteiger partial charge in [0.05, 0.1) is 12.7 Å². The molecule has 2 atom stereocenters. The fourth-order valence-corrected chi connectivity index (χ4v) is 0.816. The summed E-state index contributed by atoms with van der Waals surface area (Å²) in [5.41, 5.74) is 0. The van der Waals surface area contributed by atoms with Crippen molar-refractivity contribution < 1.29 is 10.2 Å². The van der Waals surface area contributed by atoms with Crippen molar-refractivity contribution in [2.45, 2.75) is 20.0 Å². The van der Waals surface area contributed by atoms with E-state index in [2.05, 4.69) is 6.58 Å². The molecule has 0 bridgehead atoms. The Bertz CT molecular complexity index is 99.4. The van der Waals surface area contributed by atoms with Gasteiger partial charge in [0.2, 0.25) is 0 Å². The molecule has 0 saturated carbocycles. The molecule has 0 saturated heterocycles. The van der Waals surface area contributed by atoms with Crippen LogP contribution >= 0.6 is 0 Å². The van der Waals surface area contributed by atoms with E-state index in [-0.39, 0.29) is 18.4 Å². The second kappa shape index (κ2) is 4.47. The third kappa shape index (κ3) is 2.50. The van der Waals surface area contributed by atoms with Crippen LogP contribution in [-0.2, 0) is 0 Å². The lowest BCUT2D eigenvalue weighted by Gasteiger charge is -2.20. The van der Waals surface area contributed by atoms with Crippen LogP contribution < -0.4 is 0 Å². The second-order valence-corrected chi connectivity index (χ2v) is 2.82. The van der Waals surface area contributed by atoms with Crippen molar-refractivity contribution in [3.05, 3.63) is 12.7 Å². The fraction of sp³-hybridized carbons (Fsp3) is 0.750. The molecule has 0 aromatic carbocycles. The van der Waals surface area contributed by atoms with E-state index in [1.165, 1.54) is 0 Å². The summed E-state index contributed by atoms with van der Waals surface area (Å²) in [6.07, 6.45) is 1.12. The van der Waals surface area contributed by atoms with E-state index in [0.29, 0.717) is 0 Å². The highest BCUT2D eigenvalue weighted by molar-refractivity contribution is 4.85. The van der Waals surface area contributed by atoms with Gasteiger partial charge in [0, 0.05) is 5.92 Å². The maximum absolute atomic E-state index is 9.35. The molecule has 0 aliphatic heterocycles. The Kier molecular flexibility index (Phi) is 4.32. The van der Waals surface area contributed by atoms with E-state index in [9.17, 15) is 5.11 Å². The number of aliphatic hydroxyl groups is 2. The molecule has 0 spiro atoms. The third-order valence-electron chi connectivity index (χ3n) is 1.64. The summed E-state index contributed by atoms with van der Waals surface area (Å²) in [5, 5.41) is 18.1. The van der Waals surface area contributed by atoms with Gasteiger partial charge in [0.15, 0.2) is 0 Å². The summed E-state index contributed by atoms with van der Waals surface area (Å²) in [5.74, 6) is -0.00449. The third-order valence-corrected chi connectivity index (χ3v) is 1.64. The maximum Gasteiger partial charge on any atom is 0.0647 e. The van der Waals surface area contributed by atoms with Crippen molar-refractivity contribution in [3.63, 3.8) is 0 Å². The standard InChI is InChI=1S/C8H16O2/c1-4-7(5-9)8(10)6(2)3/h4,6-10H,1,5H2,2-3H3. The highest BCUT2D eigenvalue weighted by Gasteiger charge is 2.17. The Morgan fingerprint density at radius 1 is 1.50 bits per heavy atom. The van der Waals surface area contributed by atoms with E-state index < -0.39 is 6.10 Å². The minimum atomic E-state index is -0.470. The van der Waals surface area contributed by atoms with Crippen molar-refractivity contribution in [1.29, 1.82) is 0 Å². The van der Waals surface area contributed by atoms with Crippen molar-refractivity contribution in [3.8, 4) is 0 Å². The number of rotatable bonds is 4. The van der Waals surface area contributed by atoms with Gasteiger partial charge < -0.3 is 10.2 Å². The summed E-state index contributed by atoms with van der Waals surface area (Å²) < 4.78 is 0.